The molecule has 0 aliphatic rings. The van der Waals surface area contributed by atoms with Crippen LogP contribution in [-0.4, -0.2) is 6.54 Å². The van der Waals surface area contributed by atoms with E-state index in [1.54, 1.807) is 0 Å². The van der Waals surface area contributed by atoms with Crippen LogP contribution in [0, 0.1) is 17.6 Å². The van der Waals surface area contributed by atoms with E-state index in [1.165, 1.54) is 6.07 Å². The Morgan fingerprint density at radius 1 is 1.15 bits per heavy atom. The van der Waals surface area contributed by atoms with Gasteiger partial charge in [-0.3, -0.25) is 0 Å². The molecule has 2 aromatic rings. The van der Waals surface area contributed by atoms with E-state index in [9.17, 15) is 8.78 Å². The molecule has 1 aromatic carbocycles. The Labute approximate surface area is 118 Å². The largest absolute Gasteiger partial charge is 0.459 e. The summed E-state index contributed by atoms with van der Waals surface area (Å²) < 4.78 is 33.0. The van der Waals surface area contributed by atoms with Crippen LogP contribution in [0.3, 0.4) is 0 Å². The Morgan fingerprint density at radius 3 is 2.45 bits per heavy atom. The average molecular weight is 281 g/mol. The second-order valence-corrected chi connectivity index (χ2v) is 5.88. The smallest absolute Gasteiger partial charge is 0.140 e. The number of halogens is 2. The molecule has 0 unspecified atom stereocenters. The minimum absolute atomic E-state index is 0.118. The van der Waals surface area contributed by atoms with Gasteiger partial charge in [0.25, 0.3) is 0 Å². The summed E-state index contributed by atoms with van der Waals surface area (Å²) in [7, 11) is 0. The SMILES string of the molecule is CC(C)CNCc1oc2cc(F)cc(F)c2c1C(C)C. The maximum absolute atomic E-state index is 14.0. The van der Waals surface area contributed by atoms with Crippen LogP contribution in [0.4, 0.5) is 8.78 Å². The Kier molecular flexibility index (Phi) is 4.43. The summed E-state index contributed by atoms with van der Waals surface area (Å²) >= 11 is 0. The van der Waals surface area contributed by atoms with E-state index in [1.807, 2.05) is 13.8 Å². The lowest BCUT2D eigenvalue weighted by molar-refractivity contribution is 0.477. The van der Waals surface area contributed by atoms with E-state index in [-0.39, 0.29) is 11.5 Å². The third-order valence-electron chi connectivity index (χ3n) is 3.24. The Morgan fingerprint density at radius 2 is 1.85 bits per heavy atom. The second kappa shape index (κ2) is 5.92. The number of hydrogen-bond acceptors (Lipinski definition) is 2. The molecule has 0 aliphatic heterocycles. The molecule has 1 heterocycles. The van der Waals surface area contributed by atoms with Crippen molar-refractivity contribution in [2.45, 2.75) is 40.2 Å². The standard InChI is InChI=1S/C16H21F2NO/c1-9(2)7-19-8-14-15(10(3)4)16-12(18)5-11(17)6-13(16)20-14/h5-6,9-10,19H,7-8H2,1-4H3. The fourth-order valence-electron chi connectivity index (χ4n) is 2.44. The maximum atomic E-state index is 14.0. The molecule has 0 atom stereocenters. The minimum atomic E-state index is -0.610. The average Bonchev–Trinajstić information content (AvgIpc) is 2.66. The first-order chi connectivity index (χ1) is 9.40. The Bertz CT molecular complexity index is 602. The number of nitrogens with one attached hydrogen (secondary N) is 1. The van der Waals surface area contributed by atoms with E-state index >= 15 is 0 Å². The molecule has 0 saturated heterocycles. The van der Waals surface area contributed by atoms with Crippen molar-refractivity contribution in [3.05, 3.63) is 35.1 Å². The predicted molar refractivity (Wildman–Crippen MR) is 76.8 cm³/mol. The van der Waals surface area contributed by atoms with Gasteiger partial charge in [0.05, 0.1) is 11.9 Å². The lowest BCUT2D eigenvalue weighted by atomic mass is 9.99. The monoisotopic (exact) mass is 281 g/mol. The van der Waals surface area contributed by atoms with Crippen molar-refractivity contribution in [2.24, 2.45) is 5.92 Å². The summed E-state index contributed by atoms with van der Waals surface area (Å²) in [6, 6.07) is 2.16. The Balaban J connectivity index is 2.43. The van der Waals surface area contributed by atoms with Gasteiger partial charge in [-0.15, -0.1) is 0 Å². The molecular weight excluding hydrogens is 260 g/mol. The van der Waals surface area contributed by atoms with Crippen LogP contribution in [0.5, 0.6) is 0 Å². The van der Waals surface area contributed by atoms with Gasteiger partial charge >= 0.3 is 0 Å². The number of furan rings is 1. The molecule has 0 bridgehead atoms. The Hall–Kier alpha value is -1.42. The highest BCUT2D eigenvalue weighted by Crippen LogP contribution is 2.34. The summed E-state index contributed by atoms with van der Waals surface area (Å²) in [5.41, 5.74) is 1.11. The van der Waals surface area contributed by atoms with Gasteiger partial charge in [0.2, 0.25) is 0 Å². The first-order valence-corrected chi connectivity index (χ1v) is 7.01. The quantitative estimate of drug-likeness (QED) is 0.867. The topological polar surface area (TPSA) is 25.2 Å². The molecule has 2 nitrogen and oxygen atoms in total. The minimum Gasteiger partial charge on any atom is -0.459 e. The van der Waals surface area contributed by atoms with Crippen molar-refractivity contribution in [3.8, 4) is 0 Å². The van der Waals surface area contributed by atoms with Gasteiger partial charge in [0.15, 0.2) is 0 Å². The van der Waals surface area contributed by atoms with E-state index in [4.69, 9.17) is 4.42 Å². The normalized spacial score (nSPS) is 12.0. The molecule has 0 spiro atoms. The van der Waals surface area contributed by atoms with Gasteiger partial charge in [0.1, 0.15) is 23.0 Å². The summed E-state index contributed by atoms with van der Waals surface area (Å²) in [4.78, 5) is 0. The molecule has 0 saturated carbocycles. The first kappa shape index (κ1) is 15.0. The molecule has 0 aliphatic carbocycles. The van der Waals surface area contributed by atoms with E-state index < -0.39 is 11.6 Å². The maximum Gasteiger partial charge on any atom is 0.140 e. The van der Waals surface area contributed by atoms with Crippen molar-refractivity contribution in [2.75, 3.05) is 6.54 Å². The third-order valence-corrected chi connectivity index (χ3v) is 3.24. The van der Waals surface area contributed by atoms with Gasteiger partial charge in [-0.05, 0) is 18.4 Å². The van der Waals surface area contributed by atoms with Crippen LogP contribution in [0.2, 0.25) is 0 Å². The highest BCUT2D eigenvalue weighted by Gasteiger charge is 2.20. The third kappa shape index (κ3) is 3.01. The number of fused-ring (bicyclic) bond motifs is 1. The highest BCUT2D eigenvalue weighted by molar-refractivity contribution is 5.83. The highest BCUT2D eigenvalue weighted by atomic mass is 19.1. The van der Waals surface area contributed by atoms with E-state index in [2.05, 4.69) is 19.2 Å². The molecular formula is C16H21F2NO. The molecule has 0 amide bonds. The molecule has 0 fully saturated rings. The predicted octanol–water partition coefficient (Wildman–Crippen LogP) is 4.58. The summed E-state index contributed by atoms with van der Waals surface area (Å²) in [6.07, 6.45) is 0. The van der Waals surface area contributed by atoms with Crippen LogP contribution in [0.25, 0.3) is 11.0 Å². The van der Waals surface area contributed by atoms with Crippen LogP contribution in [0.1, 0.15) is 44.9 Å². The van der Waals surface area contributed by atoms with Gasteiger partial charge in [-0.1, -0.05) is 27.7 Å². The zero-order chi connectivity index (χ0) is 14.9. The molecule has 20 heavy (non-hydrogen) atoms. The van der Waals surface area contributed by atoms with Crippen LogP contribution < -0.4 is 5.32 Å². The molecule has 2 rings (SSSR count). The van der Waals surface area contributed by atoms with Gasteiger partial charge in [-0.25, -0.2) is 8.78 Å². The van der Waals surface area contributed by atoms with Crippen molar-refractivity contribution in [1.29, 1.82) is 0 Å². The van der Waals surface area contributed by atoms with E-state index in [0.717, 1.165) is 18.2 Å². The number of hydrogen-bond donors (Lipinski definition) is 1. The zero-order valence-corrected chi connectivity index (χ0v) is 12.4. The van der Waals surface area contributed by atoms with E-state index in [0.29, 0.717) is 23.6 Å². The molecule has 110 valence electrons. The summed E-state index contributed by atoms with van der Waals surface area (Å²) in [5.74, 6) is 0.173. The summed E-state index contributed by atoms with van der Waals surface area (Å²) in [5, 5.41) is 3.69. The van der Waals surface area contributed by atoms with Crippen LogP contribution in [-0.2, 0) is 6.54 Å². The zero-order valence-electron chi connectivity index (χ0n) is 12.4. The molecule has 0 radical (unpaired) electrons. The van der Waals surface area contributed by atoms with Crippen molar-refractivity contribution in [3.63, 3.8) is 0 Å². The van der Waals surface area contributed by atoms with Crippen molar-refractivity contribution < 1.29 is 13.2 Å². The lowest BCUT2D eigenvalue weighted by Crippen LogP contribution is -2.19. The summed E-state index contributed by atoms with van der Waals surface area (Å²) in [6.45, 7) is 9.58. The van der Waals surface area contributed by atoms with Gasteiger partial charge < -0.3 is 9.73 Å². The van der Waals surface area contributed by atoms with Crippen molar-refractivity contribution in [1.82, 2.24) is 5.32 Å². The number of benzene rings is 1. The molecule has 4 heteroatoms. The fraction of sp³-hybridized carbons (Fsp3) is 0.500. The fourth-order valence-corrected chi connectivity index (χ4v) is 2.44. The molecule has 1 aromatic heterocycles. The first-order valence-electron chi connectivity index (χ1n) is 7.01. The van der Waals surface area contributed by atoms with Gasteiger partial charge in [0, 0.05) is 17.7 Å². The second-order valence-electron chi connectivity index (χ2n) is 5.88. The number of rotatable bonds is 5. The van der Waals surface area contributed by atoms with Crippen molar-refractivity contribution >= 4 is 11.0 Å². The van der Waals surface area contributed by atoms with Crippen LogP contribution >= 0.6 is 0 Å². The molecule has 1 N–H and O–H groups in total. The van der Waals surface area contributed by atoms with Crippen LogP contribution in [0.15, 0.2) is 16.5 Å². The lowest BCUT2D eigenvalue weighted by Gasteiger charge is -2.09. The van der Waals surface area contributed by atoms with Gasteiger partial charge in [-0.2, -0.15) is 0 Å².